The number of thioether (sulfide) groups is 1. The Bertz CT molecular complexity index is 1240. The summed E-state index contributed by atoms with van der Waals surface area (Å²) in [5.74, 6) is 1.65. The number of aliphatic hydroxyl groups is 2. The van der Waals surface area contributed by atoms with Gasteiger partial charge in [0.25, 0.3) is 0 Å². The van der Waals surface area contributed by atoms with Gasteiger partial charge in [0.15, 0.2) is 0 Å². The zero-order chi connectivity index (χ0) is 24.0. The molecule has 35 heavy (non-hydrogen) atoms. The third-order valence-electron chi connectivity index (χ3n) is 6.91. The highest BCUT2D eigenvalue weighted by atomic mass is 32.2. The average molecular weight is 496 g/mol. The van der Waals surface area contributed by atoms with Crippen LogP contribution >= 0.6 is 11.8 Å². The second-order valence-corrected chi connectivity index (χ2v) is 11.0. The molecule has 1 amide bonds. The van der Waals surface area contributed by atoms with Crippen LogP contribution in [-0.2, 0) is 4.79 Å². The molecule has 9 nitrogen and oxygen atoms in total. The van der Waals surface area contributed by atoms with Gasteiger partial charge in [0.05, 0.1) is 30.7 Å². The Balaban J connectivity index is 1.26. The summed E-state index contributed by atoms with van der Waals surface area (Å²) in [6.07, 6.45) is 5.52. The number of aromatic nitrogens is 3. The number of rotatable bonds is 7. The smallest absolute Gasteiger partial charge is 0.240 e. The van der Waals surface area contributed by atoms with E-state index in [-0.39, 0.29) is 12.5 Å². The number of nitrogens with zero attached hydrogens (tertiary/aromatic N) is 4. The molecule has 2 aliphatic heterocycles. The van der Waals surface area contributed by atoms with Crippen molar-refractivity contribution >= 4 is 34.4 Å². The molecular weight excluding hydrogens is 466 g/mol. The molecule has 4 heterocycles. The highest BCUT2D eigenvalue weighted by Gasteiger charge is 2.32. The molecule has 0 radical (unpaired) electrons. The number of carbonyl (C=O) groups is 1. The van der Waals surface area contributed by atoms with Crippen LogP contribution < -0.4 is 15.0 Å². The van der Waals surface area contributed by atoms with Gasteiger partial charge in [-0.25, -0.2) is 9.97 Å². The fraction of sp³-hybridized carbons (Fsp3) is 0.480. The van der Waals surface area contributed by atoms with Gasteiger partial charge in [0.1, 0.15) is 5.52 Å². The van der Waals surface area contributed by atoms with E-state index in [0.29, 0.717) is 43.2 Å². The number of imidazole rings is 1. The standard InChI is InChI=1S/C25H29N5O4S/c31-22-11-16(13-26-22)7-9-34-24-23-21(27-15-30(23)19-5-6-19)12-20(28-24)17-1-3-18(4-2-17)29-8-10-35-25(32,33)14-29/h1-4,12,15-16,19,32-33H,5-11,13-14H2,(H,26,31)/t16-/m1/s1. The topological polar surface area (TPSA) is 113 Å². The molecule has 3 aromatic rings. The van der Waals surface area contributed by atoms with Crippen molar-refractivity contribution in [3.63, 3.8) is 0 Å². The maximum Gasteiger partial charge on any atom is 0.240 e. The van der Waals surface area contributed by atoms with Crippen LogP contribution in [0.5, 0.6) is 5.88 Å². The third-order valence-corrected chi connectivity index (χ3v) is 7.88. The van der Waals surface area contributed by atoms with Crippen molar-refractivity contribution in [2.24, 2.45) is 5.92 Å². The molecular formula is C25H29N5O4S. The molecule has 2 aromatic heterocycles. The second-order valence-electron chi connectivity index (χ2n) is 9.63. The van der Waals surface area contributed by atoms with E-state index < -0.39 is 5.12 Å². The summed E-state index contributed by atoms with van der Waals surface area (Å²) < 4.78 is 8.40. The minimum absolute atomic E-state index is 0.111. The van der Waals surface area contributed by atoms with Crippen LogP contribution in [0.4, 0.5) is 5.69 Å². The molecule has 3 fully saturated rings. The number of pyridine rings is 1. The van der Waals surface area contributed by atoms with Gasteiger partial charge in [-0.1, -0.05) is 23.9 Å². The largest absolute Gasteiger partial charge is 0.476 e. The molecule has 6 rings (SSSR count). The quantitative estimate of drug-likeness (QED) is 0.429. The SMILES string of the molecule is O=C1C[C@@H](CCOc2nc(-c3ccc(N4CCSC(O)(O)C4)cc3)cc3ncn(C4CC4)c23)CN1. The first kappa shape index (κ1) is 22.6. The molecule has 184 valence electrons. The van der Waals surface area contributed by atoms with E-state index in [0.717, 1.165) is 65.5 Å². The number of carbonyl (C=O) groups excluding carboxylic acids is 1. The van der Waals surface area contributed by atoms with Crippen LogP contribution in [-0.4, -0.2) is 67.8 Å². The Kier molecular flexibility index (Phi) is 5.82. The van der Waals surface area contributed by atoms with Gasteiger partial charge in [-0.2, -0.15) is 0 Å². The van der Waals surface area contributed by atoms with E-state index in [9.17, 15) is 15.0 Å². The van der Waals surface area contributed by atoms with Crippen molar-refractivity contribution < 1.29 is 19.7 Å². The van der Waals surface area contributed by atoms with E-state index in [4.69, 9.17) is 9.72 Å². The summed E-state index contributed by atoms with van der Waals surface area (Å²) >= 11 is 1.16. The highest BCUT2D eigenvalue weighted by Crippen LogP contribution is 2.40. The average Bonchev–Trinajstić information content (AvgIpc) is 3.46. The van der Waals surface area contributed by atoms with Crippen LogP contribution in [0.25, 0.3) is 22.3 Å². The van der Waals surface area contributed by atoms with E-state index in [2.05, 4.69) is 14.9 Å². The van der Waals surface area contributed by atoms with Gasteiger partial charge in [0.2, 0.25) is 16.9 Å². The number of benzene rings is 1. The Morgan fingerprint density at radius 2 is 2.06 bits per heavy atom. The summed E-state index contributed by atoms with van der Waals surface area (Å²) in [6, 6.07) is 10.4. The number of fused-ring (bicyclic) bond motifs is 1. The maximum absolute atomic E-state index is 11.5. The Morgan fingerprint density at radius 1 is 1.23 bits per heavy atom. The van der Waals surface area contributed by atoms with Crippen molar-refractivity contribution in [3.8, 4) is 17.1 Å². The van der Waals surface area contributed by atoms with E-state index >= 15 is 0 Å². The third kappa shape index (κ3) is 4.82. The predicted octanol–water partition coefficient (Wildman–Crippen LogP) is 2.53. The van der Waals surface area contributed by atoms with Crippen molar-refractivity contribution in [1.82, 2.24) is 19.9 Å². The molecule has 0 bridgehead atoms. The molecule has 3 N–H and O–H groups in total. The molecule has 1 aromatic carbocycles. The molecule has 0 unspecified atom stereocenters. The lowest BCUT2D eigenvalue weighted by molar-refractivity contribution is -0.119. The van der Waals surface area contributed by atoms with Gasteiger partial charge < -0.3 is 29.7 Å². The lowest BCUT2D eigenvalue weighted by Gasteiger charge is -2.36. The number of anilines is 1. The van der Waals surface area contributed by atoms with E-state index in [1.165, 1.54) is 0 Å². The van der Waals surface area contributed by atoms with Gasteiger partial charge in [-0.05, 0) is 43.4 Å². The van der Waals surface area contributed by atoms with Gasteiger partial charge >= 0.3 is 0 Å². The zero-order valence-electron chi connectivity index (χ0n) is 19.4. The number of β-amino-alcohol motifs (C(OH)–C–C–N with tert-alkyl or cyclic N) is 2. The Morgan fingerprint density at radius 3 is 2.77 bits per heavy atom. The van der Waals surface area contributed by atoms with Gasteiger partial charge in [-0.3, -0.25) is 4.79 Å². The number of hydrogen-bond acceptors (Lipinski definition) is 8. The van der Waals surface area contributed by atoms with Crippen LogP contribution in [0.2, 0.25) is 0 Å². The van der Waals surface area contributed by atoms with E-state index in [1.807, 2.05) is 41.6 Å². The number of nitrogens with one attached hydrogen (secondary N) is 1. The number of hydrogen-bond donors (Lipinski definition) is 3. The number of ether oxygens (including phenoxy) is 1. The molecule has 1 atom stereocenters. The summed E-state index contributed by atoms with van der Waals surface area (Å²) in [7, 11) is 0. The summed E-state index contributed by atoms with van der Waals surface area (Å²) in [5, 5.41) is 21.1. The minimum Gasteiger partial charge on any atom is -0.476 e. The monoisotopic (exact) mass is 495 g/mol. The molecule has 10 heteroatoms. The molecule has 1 saturated carbocycles. The maximum atomic E-state index is 11.5. The van der Waals surface area contributed by atoms with Crippen LogP contribution in [0, 0.1) is 5.92 Å². The van der Waals surface area contributed by atoms with Gasteiger partial charge in [-0.15, -0.1) is 0 Å². The second kappa shape index (κ2) is 9.00. The van der Waals surface area contributed by atoms with Crippen molar-refractivity contribution in [1.29, 1.82) is 0 Å². The first-order chi connectivity index (χ1) is 16.9. The van der Waals surface area contributed by atoms with Gasteiger partial charge in [0, 0.05) is 42.6 Å². The zero-order valence-corrected chi connectivity index (χ0v) is 20.2. The lowest BCUT2D eigenvalue weighted by Crippen LogP contribution is -2.46. The first-order valence-electron chi connectivity index (χ1n) is 12.2. The minimum atomic E-state index is -1.72. The van der Waals surface area contributed by atoms with Crippen LogP contribution in [0.3, 0.4) is 0 Å². The molecule has 3 aliphatic rings. The summed E-state index contributed by atoms with van der Waals surface area (Å²) in [5.41, 5.74) is 4.46. The van der Waals surface area contributed by atoms with Crippen LogP contribution in [0.1, 0.15) is 31.7 Å². The van der Waals surface area contributed by atoms with Crippen molar-refractivity contribution in [2.75, 3.05) is 36.9 Å². The van der Waals surface area contributed by atoms with E-state index in [1.54, 1.807) is 0 Å². The fourth-order valence-corrected chi connectivity index (χ4v) is 5.74. The van der Waals surface area contributed by atoms with Crippen molar-refractivity contribution in [2.45, 2.75) is 36.8 Å². The lowest BCUT2D eigenvalue weighted by atomic mass is 10.1. The summed E-state index contributed by atoms with van der Waals surface area (Å²) in [6.45, 7) is 2.13. The fourth-order valence-electron chi connectivity index (χ4n) is 4.85. The Labute approximate surface area is 207 Å². The first-order valence-corrected chi connectivity index (χ1v) is 13.1. The molecule has 0 spiro atoms. The number of amides is 1. The normalized spacial score (nSPS) is 21.9. The molecule has 1 aliphatic carbocycles. The predicted molar refractivity (Wildman–Crippen MR) is 134 cm³/mol. The highest BCUT2D eigenvalue weighted by molar-refractivity contribution is 8.00. The van der Waals surface area contributed by atoms with Crippen molar-refractivity contribution in [3.05, 3.63) is 36.7 Å². The molecule has 2 saturated heterocycles. The van der Waals surface area contributed by atoms with Crippen LogP contribution in [0.15, 0.2) is 36.7 Å². The summed E-state index contributed by atoms with van der Waals surface area (Å²) in [4.78, 5) is 23.0. The Hall–Kier alpha value is -2.82.